The van der Waals surface area contributed by atoms with Crippen LogP contribution in [-0.2, 0) is 9.16 Å². The molecule has 3 aliphatic carbocycles. The highest BCUT2D eigenvalue weighted by molar-refractivity contribution is 6.74. The fraction of sp³-hybridized carbons (Fsp3) is 0.710. The number of rotatable bonds is 4. The van der Waals surface area contributed by atoms with Gasteiger partial charge in [0.25, 0.3) is 0 Å². The molecule has 3 aliphatic rings. The first-order chi connectivity index (χ1) is 16.3. The van der Waals surface area contributed by atoms with Crippen molar-refractivity contribution >= 4 is 14.3 Å². The SMILES string of the molecule is CC1(C)/C2=C/C[C@H]3[C@@H](O[Si](C)(C)C(C)(C)C)CCC[C@@]3(C)[C@H](OC(=O)c3ccccc3)C[C@H]1CC2. The summed E-state index contributed by atoms with van der Waals surface area (Å²) in [5.74, 6) is 0.729. The van der Waals surface area contributed by atoms with E-state index >= 15 is 0 Å². The van der Waals surface area contributed by atoms with E-state index < -0.39 is 8.32 Å². The lowest BCUT2D eigenvalue weighted by Gasteiger charge is -2.52. The number of ether oxygens (including phenoxy) is 1. The summed E-state index contributed by atoms with van der Waals surface area (Å²) in [5.41, 5.74) is 2.34. The van der Waals surface area contributed by atoms with Crippen LogP contribution in [0.15, 0.2) is 42.0 Å². The summed E-state index contributed by atoms with van der Waals surface area (Å²) in [4.78, 5) is 13.4. The molecule has 194 valence electrons. The number of carbonyl (C=O) groups is 1. The molecule has 2 saturated carbocycles. The molecule has 4 heteroatoms. The minimum Gasteiger partial charge on any atom is -0.458 e. The minimum atomic E-state index is -1.92. The van der Waals surface area contributed by atoms with Crippen molar-refractivity contribution in [3.63, 3.8) is 0 Å². The van der Waals surface area contributed by atoms with E-state index in [4.69, 9.17) is 9.16 Å². The zero-order valence-electron chi connectivity index (χ0n) is 23.4. The average molecular weight is 497 g/mol. The Morgan fingerprint density at radius 3 is 2.40 bits per heavy atom. The summed E-state index contributed by atoms with van der Waals surface area (Å²) in [6.45, 7) is 19.0. The summed E-state index contributed by atoms with van der Waals surface area (Å²) in [7, 11) is -1.92. The Morgan fingerprint density at radius 2 is 1.74 bits per heavy atom. The van der Waals surface area contributed by atoms with Crippen LogP contribution in [0.3, 0.4) is 0 Å². The fourth-order valence-corrected chi connectivity index (χ4v) is 8.21. The van der Waals surface area contributed by atoms with E-state index in [9.17, 15) is 4.79 Å². The third-order valence-electron chi connectivity index (χ3n) is 10.5. The summed E-state index contributed by atoms with van der Waals surface area (Å²) < 4.78 is 13.7. The highest BCUT2D eigenvalue weighted by Crippen LogP contribution is 2.57. The maximum absolute atomic E-state index is 13.4. The lowest BCUT2D eigenvalue weighted by Crippen LogP contribution is -2.54. The second kappa shape index (κ2) is 9.48. The highest BCUT2D eigenvalue weighted by atomic mass is 28.4. The van der Waals surface area contributed by atoms with Gasteiger partial charge in [-0.05, 0) is 86.0 Å². The van der Waals surface area contributed by atoms with E-state index in [0.29, 0.717) is 17.4 Å². The molecule has 5 atom stereocenters. The molecule has 0 unspecified atom stereocenters. The van der Waals surface area contributed by atoms with Crippen LogP contribution in [0.25, 0.3) is 0 Å². The maximum atomic E-state index is 13.4. The zero-order valence-corrected chi connectivity index (χ0v) is 24.4. The van der Waals surface area contributed by atoms with Crippen LogP contribution in [0.4, 0.5) is 0 Å². The Bertz CT molecular complexity index is 942. The van der Waals surface area contributed by atoms with Gasteiger partial charge in [0.05, 0.1) is 5.56 Å². The van der Waals surface area contributed by atoms with Crippen molar-refractivity contribution in [2.45, 2.75) is 117 Å². The fourth-order valence-electron chi connectivity index (χ4n) is 6.82. The van der Waals surface area contributed by atoms with Crippen LogP contribution in [0, 0.1) is 22.7 Å². The molecule has 0 spiro atoms. The van der Waals surface area contributed by atoms with E-state index in [1.165, 1.54) is 12.8 Å². The quantitative estimate of drug-likeness (QED) is 0.238. The minimum absolute atomic E-state index is 0.0899. The molecule has 2 bridgehead atoms. The molecular formula is C31H48O3Si. The van der Waals surface area contributed by atoms with Crippen molar-refractivity contribution in [3.05, 3.63) is 47.5 Å². The number of hydrogen-bond donors (Lipinski definition) is 0. The predicted molar refractivity (Wildman–Crippen MR) is 147 cm³/mol. The Kier molecular flexibility index (Phi) is 7.22. The van der Waals surface area contributed by atoms with Crippen LogP contribution < -0.4 is 0 Å². The Labute approximate surface area is 215 Å². The largest absolute Gasteiger partial charge is 0.458 e. The second-order valence-electron chi connectivity index (χ2n) is 13.8. The molecule has 3 nitrogen and oxygen atoms in total. The molecule has 0 aromatic heterocycles. The number of fused-ring (bicyclic) bond motifs is 3. The highest BCUT2D eigenvalue weighted by Gasteiger charge is 2.54. The third kappa shape index (κ3) is 5.07. The lowest BCUT2D eigenvalue weighted by atomic mass is 9.60. The van der Waals surface area contributed by atoms with Crippen LogP contribution in [0.1, 0.15) is 96.8 Å². The molecule has 0 radical (unpaired) electrons. The van der Waals surface area contributed by atoms with E-state index in [1.54, 1.807) is 5.57 Å². The van der Waals surface area contributed by atoms with E-state index in [2.05, 4.69) is 60.7 Å². The molecule has 0 aliphatic heterocycles. The number of carbonyl (C=O) groups excluding carboxylic acids is 1. The molecule has 4 rings (SSSR count). The second-order valence-corrected chi connectivity index (χ2v) is 18.6. The van der Waals surface area contributed by atoms with Crippen molar-refractivity contribution in [1.29, 1.82) is 0 Å². The van der Waals surface area contributed by atoms with Gasteiger partial charge in [0, 0.05) is 11.5 Å². The monoisotopic (exact) mass is 496 g/mol. The number of benzene rings is 1. The van der Waals surface area contributed by atoms with Crippen molar-refractivity contribution < 1.29 is 14.0 Å². The van der Waals surface area contributed by atoms with Gasteiger partial charge in [-0.25, -0.2) is 4.79 Å². The van der Waals surface area contributed by atoms with Gasteiger partial charge in [-0.1, -0.05) is 77.8 Å². The molecule has 2 fully saturated rings. The van der Waals surface area contributed by atoms with Gasteiger partial charge in [0.2, 0.25) is 0 Å². The Morgan fingerprint density at radius 1 is 1.06 bits per heavy atom. The van der Waals surface area contributed by atoms with Crippen LogP contribution >= 0.6 is 0 Å². The molecular weight excluding hydrogens is 448 g/mol. The van der Waals surface area contributed by atoms with Gasteiger partial charge in [-0.15, -0.1) is 0 Å². The van der Waals surface area contributed by atoms with Crippen LogP contribution in [0.5, 0.6) is 0 Å². The van der Waals surface area contributed by atoms with Gasteiger partial charge in [0.15, 0.2) is 8.32 Å². The normalized spacial score (nSPS) is 34.6. The molecule has 1 aromatic rings. The summed E-state index contributed by atoms with van der Waals surface area (Å²) >= 11 is 0. The Balaban J connectivity index is 1.72. The topological polar surface area (TPSA) is 35.5 Å². The average Bonchev–Trinajstić information content (AvgIpc) is 3.06. The van der Waals surface area contributed by atoms with E-state index in [-0.39, 0.29) is 34.0 Å². The standard InChI is InChI=1S/C31H48O3Si/c1-29(2,3)35(7,8)34-26-15-12-20-31(6)25(26)19-18-23-16-17-24(30(23,4)5)21-27(31)33-28(32)22-13-10-9-11-14-22/h9-11,13-14,18,24-27H,12,15-17,19-21H2,1-8H3/b23-18+/t24-,25+,26+,27-,31-/m1/s1. The first-order valence-electron chi connectivity index (χ1n) is 13.9. The van der Waals surface area contributed by atoms with Crippen molar-refractivity contribution in [1.82, 2.24) is 0 Å². The third-order valence-corrected chi connectivity index (χ3v) is 15.0. The van der Waals surface area contributed by atoms with Gasteiger partial charge in [-0.3, -0.25) is 0 Å². The summed E-state index contributed by atoms with van der Waals surface area (Å²) in [6, 6.07) is 9.54. The van der Waals surface area contributed by atoms with Gasteiger partial charge >= 0.3 is 5.97 Å². The van der Waals surface area contributed by atoms with Crippen molar-refractivity contribution in [2.75, 3.05) is 0 Å². The predicted octanol–water partition coefficient (Wildman–Crippen LogP) is 8.57. The lowest BCUT2D eigenvalue weighted by molar-refractivity contribution is -0.0997. The van der Waals surface area contributed by atoms with Crippen molar-refractivity contribution in [2.24, 2.45) is 22.7 Å². The molecule has 0 heterocycles. The molecule has 0 amide bonds. The van der Waals surface area contributed by atoms with Crippen LogP contribution in [-0.4, -0.2) is 26.5 Å². The van der Waals surface area contributed by atoms with Gasteiger partial charge < -0.3 is 9.16 Å². The number of hydrogen-bond acceptors (Lipinski definition) is 3. The molecule has 0 saturated heterocycles. The summed E-state index contributed by atoms with van der Waals surface area (Å²) in [5, 5.41) is 0.179. The molecule has 35 heavy (non-hydrogen) atoms. The number of esters is 1. The smallest absolute Gasteiger partial charge is 0.338 e. The van der Waals surface area contributed by atoms with Gasteiger partial charge in [-0.2, -0.15) is 0 Å². The van der Waals surface area contributed by atoms with E-state index in [0.717, 1.165) is 32.1 Å². The Hall–Kier alpha value is -1.39. The number of allylic oxidation sites excluding steroid dienone is 2. The zero-order chi connectivity index (χ0) is 25.6. The van der Waals surface area contributed by atoms with Crippen LogP contribution in [0.2, 0.25) is 18.1 Å². The first-order valence-corrected chi connectivity index (χ1v) is 16.8. The van der Waals surface area contributed by atoms with E-state index in [1.807, 2.05) is 30.3 Å². The molecule has 0 N–H and O–H groups in total. The van der Waals surface area contributed by atoms with Gasteiger partial charge in [0.1, 0.15) is 6.10 Å². The van der Waals surface area contributed by atoms with Crippen molar-refractivity contribution in [3.8, 4) is 0 Å². The maximum Gasteiger partial charge on any atom is 0.338 e. The first kappa shape index (κ1) is 26.7. The molecule has 1 aromatic carbocycles. The summed E-state index contributed by atoms with van der Waals surface area (Å²) in [6.07, 6.45) is 10.4.